The Bertz CT molecular complexity index is 726. The van der Waals surface area contributed by atoms with E-state index in [-0.39, 0.29) is 18.0 Å². The lowest BCUT2D eigenvalue weighted by Crippen LogP contribution is -2.48. The first-order valence-corrected chi connectivity index (χ1v) is 9.06. The Kier molecular flexibility index (Phi) is 6.66. The number of fused-ring (bicyclic) bond motifs is 1. The number of carbonyl (C=O) groups excluding carboxylic acids is 1. The van der Waals surface area contributed by atoms with Crippen molar-refractivity contribution in [3.05, 3.63) is 36.1 Å². The van der Waals surface area contributed by atoms with E-state index in [4.69, 9.17) is 4.42 Å². The van der Waals surface area contributed by atoms with E-state index in [9.17, 15) is 4.79 Å². The van der Waals surface area contributed by atoms with Gasteiger partial charge in [0.05, 0.1) is 6.54 Å². The maximum absolute atomic E-state index is 12.1. The Morgan fingerprint density at radius 1 is 1.27 bits per heavy atom. The number of likely N-dealkylation sites (N-methyl/N-ethyl adjacent to an activating group) is 1. The van der Waals surface area contributed by atoms with Gasteiger partial charge in [-0.1, -0.05) is 18.2 Å². The van der Waals surface area contributed by atoms with Crippen molar-refractivity contribution in [3.63, 3.8) is 0 Å². The molecule has 2 rings (SSSR count). The molecule has 0 aliphatic rings. The molecule has 0 saturated carbocycles. The average Bonchev–Trinajstić information content (AvgIpc) is 2.94. The van der Waals surface area contributed by atoms with Crippen LogP contribution in [-0.2, 0) is 11.2 Å². The monoisotopic (exact) mass is 358 g/mol. The van der Waals surface area contributed by atoms with Crippen molar-refractivity contribution < 1.29 is 9.21 Å². The predicted octanol–water partition coefficient (Wildman–Crippen LogP) is 2.79. The molecular formula is C20H30N4O2. The number of hydrogen-bond acceptors (Lipinski definition) is 3. The molecule has 0 bridgehead atoms. The highest BCUT2D eigenvalue weighted by Crippen LogP contribution is 2.19. The van der Waals surface area contributed by atoms with Gasteiger partial charge >= 0.3 is 0 Å². The maximum atomic E-state index is 12.1. The van der Waals surface area contributed by atoms with E-state index in [2.05, 4.69) is 21.7 Å². The van der Waals surface area contributed by atoms with Crippen molar-refractivity contribution in [2.75, 3.05) is 26.7 Å². The van der Waals surface area contributed by atoms with E-state index in [1.165, 1.54) is 0 Å². The largest absolute Gasteiger partial charge is 0.461 e. The Hall–Kier alpha value is -2.50. The number of nitrogens with one attached hydrogen (secondary N) is 2. The normalized spacial score (nSPS) is 12.3. The molecule has 2 N–H and O–H groups in total. The fourth-order valence-electron chi connectivity index (χ4n) is 2.65. The number of nitrogens with zero attached hydrogens (tertiary/aromatic N) is 2. The predicted molar refractivity (Wildman–Crippen MR) is 106 cm³/mol. The zero-order chi connectivity index (χ0) is 19.2. The van der Waals surface area contributed by atoms with Gasteiger partial charge in [-0.25, -0.2) is 0 Å². The van der Waals surface area contributed by atoms with Crippen LogP contribution in [0.25, 0.3) is 11.0 Å². The molecule has 0 unspecified atom stereocenters. The third-order valence-electron chi connectivity index (χ3n) is 3.69. The number of amides is 1. The highest BCUT2D eigenvalue weighted by atomic mass is 16.3. The number of hydrogen-bond donors (Lipinski definition) is 2. The number of furan rings is 1. The second-order valence-electron chi connectivity index (χ2n) is 7.39. The van der Waals surface area contributed by atoms with Gasteiger partial charge in [-0.3, -0.25) is 9.79 Å². The molecule has 1 aromatic carbocycles. The Morgan fingerprint density at radius 2 is 2.00 bits per heavy atom. The minimum atomic E-state index is -0.241. The summed E-state index contributed by atoms with van der Waals surface area (Å²) in [6.07, 6.45) is 0.714. The van der Waals surface area contributed by atoms with Gasteiger partial charge in [-0.15, -0.1) is 0 Å². The van der Waals surface area contributed by atoms with Gasteiger partial charge in [0.2, 0.25) is 5.91 Å². The van der Waals surface area contributed by atoms with Crippen molar-refractivity contribution in [2.24, 2.45) is 4.99 Å². The Morgan fingerprint density at radius 3 is 2.65 bits per heavy atom. The third-order valence-corrected chi connectivity index (χ3v) is 3.69. The average molecular weight is 358 g/mol. The summed E-state index contributed by atoms with van der Waals surface area (Å²) in [5, 5.41) is 7.30. The number of guanidine groups is 1. The summed E-state index contributed by atoms with van der Waals surface area (Å²) in [4.78, 5) is 18.6. The Labute approximate surface area is 155 Å². The van der Waals surface area contributed by atoms with E-state index in [1.807, 2.05) is 63.9 Å². The molecule has 0 fully saturated rings. The molecule has 0 aliphatic carbocycles. The molecule has 0 aliphatic heterocycles. The van der Waals surface area contributed by atoms with Crippen LogP contribution >= 0.6 is 0 Å². The number of rotatable bonds is 6. The van der Waals surface area contributed by atoms with Gasteiger partial charge in [-0.05, 0) is 39.8 Å². The van der Waals surface area contributed by atoms with Crippen LogP contribution in [0.1, 0.15) is 33.5 Å². The number of benzene rings is 1. The van der Waals surface area contributed by atoms with Crippen molar-refractivity contribution in [1.29, 1.82) is 0 Å². The molecular weight excluding hydrogens is 328 g/mol. The highest BCUT2D eigenvalue weighted by Gasteiger charge is 2.16. The van der Waals surface area contributed by atoms with Gasteiger partial charge in [0.25, 0.3) is 0 Å². The molecule has 26 heavy (non-hydrogen) atoms. The zero-order valence-electron chi connectivity index (χ0n) is 16.4. The lowest BCUT2D eigenvalue weighted by atomic mass is 10.1. The fourth-order valence-corrected chi connectivity index (χ4v) is 2.65. The molecule has 2 aromatic rings. The summed E-state index contributed by atoms with van der Waals surface area (Å²) in [7, 11) is 1.87. The van der Waals surface area contributed by atoms with E-state index >= 15 is 0 Å². The lowest BCUT2D eigenvalue weighted by molar-refractivity contribution is -0.122. The number of aliphatic imine (C=N–C) groups is 1. The second-order valence-corrected chi connectivity index (χ2v) is 7.39. The molecule has 0 atom stereocenters. The first-order chi connectivity index (χ1) is 12.3. The SMILES string of the molecule is CCNC(=NCCc1cc2ccccc2o1)N(C)CC(=O)NC(C)(C)C. The van der Waals surface area contributed by atoms with Crippen LogP contribution in [0.15, 0.2) is 39.7 Å². The molecule has 1 amide bonds. The van der Waals surface area contributed by atoms with E-state index in [1.54, 1.807) is 0 Å². The maximum Gasteiger partial charge on any atom is 0.240 e. The van der Waals surface area contributed by atoms with Crippen molar-refractivity contribution in [3.8, 4) is 0 Å². The molecule has 6 heteroatoms. The van der Waals surface area contributed by atoms with Crippen LogP contribution < -0.4 is 10.6 Å². The van der Waals surface area contributed by atoms with Crippen LogP contribution in [0.3, 0.4) is 0 Å². The molecule has 0 saturated heterocycles. The summed E-state index contributed by atoms with van der Waals surface area (Å²) in [6, 6.07) is 10.0. The standard InChI is InChI=1S/C20H30N4O2/c1-6-21-19(24(5)14-18(25)23-20(2,3)4)22-12-11-16-13-15-9-7-8-10-17(15)26-16/h7-10,13H,6,11-12,14H2,1-5H3,(H,21,22)(H,23,25). The quantitative estimate of drug-likeness (QED) is 0.615. The molecule has 1 aromatic heterocycles. The van der Waals surface area contributed by atoms with Crippen LogP contribution in [0.5, 0.6) is 0 Å². The smallest absolute Gasteiger partial charge is 0.240 e. The van der Waals surface area contributed by atoms with Crippen LogP contribution in [0, 0.1) is 0 Å². The van der Waals surface area contributed by atoms with Gasteiger partial charge in [0, 0.05) is 37.5 Å². The Balaban J connectivity index is 1.95. The number of carbonyl (C=O) groups is 1. The van der Waals surface area contributed by atoms with Gasteiger partial charge in [0.1, 0.15) is 11.3 Å². The van der Waals surface area contributed by atoms with Gasteiger partial charge < -0.3 is 20.0 Å². The topological polar surface area (TPSA) is 69.9 Å². The van der Waals surface area contributed by atoms with E-state index in [0.29, 0.717) is 18.9 Å². The molecule has 0 spiro atoms. The number of para-hydroxylation sites is 1. The van der Waals surface area contributed by atoms with Gasteiger partial charge in [-0.2, -0.15) is 0 Å². The van der Waals surface area contributed by atoms with E-state index in [0.717, 1.165) is 23.3 Å². The first-order valence-electron chi connectivity index (χ1n) is 9.06. The van der Waals surface area contributed by atoms with Crippen molar-refractivity contribution in [1.82, 2.24) is 15.5 Å². The summed E-state index contributed by atoms with van der Waals surface area (Å²) in [5.41, 5.74) is 0.656. The summed E-state index contributed by atoms with van der Waals surface area (Å²) in [6.45, 7) is 9.51. The van der Waals surface area contributed by atoms with Gasteiger partial charge in [0.15, 0.2) is 5.96 Å². The molecule has 142 valence electrons. The minimum absolute atomic E-state index is 0.0251. The molecule has 6 nitrogen and oxygen atoms in total. The van der Waals surface area contributed by atoms with Crippen LogP contribution in [-0.4, -0.2) is 49.0 Å². The summed E-state index contributed by atoms with van der Waals surface area (Å²) >= 11 is 0. The van der Waals surface area contributed by atoms with Crippen molar-refractivity contribution in [2.45, 2.75) is 39.7 Å². The van der Waals surface area contributed by atoms with Crippen LogP contribution in [0.4, 0.5) is 0 Å². The third kappa shape index (κ3) is 6.10. The fraction of sp³-hybridized carbons (Fsp3) is 0.500. The summed E-state index contributed by atoms with van der Waals surface area (Å²) in [5.74, 6) is 1.61. The van der Waals surface area contributed by atoms with Crippen molar-refractivity contribution >= 4 is 22.8 Å². The second kappa shape index (κ2) is 8.74. The first kappa shape index (κ1) is 19.8. The lowest BCUT2D eigenvalue weighted by Gasteiger charge is -2.25. The van der Waals surface area contributed by atoms with E-state index < -0.39 is 0 Å². The molecule has 1 heterocycles. The molecule has 0 radical (unpaired) electrons. The minimum Gasteiger partial charge on any atom is -0.461 e. The zero-order valence-corrected chi connectivity index (χ0v) is 16.4. The summed E-state index contributed by atoms with van der Waals surface area (Å²) < 4.78 is 5.82. The van der Waals surface area contributed by atoms with Crippen LogP contribution in [0.2, 0.25) is 0 Å². The highest BCUT2D eigenvalue weighted by molar-refractivity contribution is 5.86.